The molecule has 0 aromatic heterocycles. The zero-order valence-electron chi connectivity index (χ0n) is 22.5. The van der Waals surface area contributed by atoms with Crippen LogP contribution in [0.2, 0.25) is 0 Å². The molecule has 1 aliphatic rings. The van der Waals surface area contributed by atoms with Crippen LogP contribution in [0, 0.1) is 5.41 Å². The fourth-order valence-electron chi connectivity index (χ4n) is 3.30. The van der Waals surface area contributed by atoms with Crippen molar-refractivity contribution in [3.8, 4) is 0 Å². The lowest BCUT2D eigenvalue weighted by atomic mass is 9.85. The highest BCUT2D eigenvalue weighted by molar-refractivity contribution is 8.13. The van der Waals surface area contributed by atoms with Crippen LogP contribution in [0.15, 0.2) is 0 Å². The molecule has 0 aromatic carbocycles. The summed E-state index contributed by atoms with van der Waals surface area (Å²) in [6, 6.07) is -1.43. The third-order valence-corrected chi connectivity index (χ3v) is 6.30. The lowest BCUT2D eigenvalue weighted by molar-refractivity contribution is -0.304. The van der Waals surface area contributed by atoms with Gasteiger partial charge in [0.1, 0.15) is 17.7 Å². The second-order valence-corrected chi connectivity index (χ2v) is 12.3. The van der Waals surface area contributed by atoms with Crippen LogP contribution >= 0.6 is 11.8 Å². The van der Waals surface area contributed by atoms with E-state index in [1.165, 1.54) is 0 Å². The van der Waals surface area contributed by atoms with E-state index in [2.05, 4.69) is 10.6 Å². The Kier molecular flexibility index (Phi) is 12.1. The maximum Gasteiger partial charge on any atom is 0.408 e. The number of ether oxygens (including phenoxy) is 3. The van der Waals surface area contributed by atoms with Crippen LogP contribution in [0.5, 0.6) is 0 Å². The Morgan fingerprint density at radius 2 is 1.78 bits per heavy atom. The number of alkyl carbamates (subject to hydrolysis) is 1. The van der Waals surface area contributed by atoms with Gasteiger partial charge < -0.3 is 35.7 Å². The average Bonchev–Trinajstić information content (AvgIpc) is 2.71. The smallest absolute Gasteiger partial charge is 0.408 e. The van der Waals surface area contributed by atoms with Crippen LogP contribution < -0.4 is 16.4 Å². The molecule has 5 N–H and O–H groups in total. The topological polar surface area (TPSA) is 166 Å². The highest BCUT2D eigenvalue weighted by Gasteiger charge is 2.45. The molecule has 1 unspecified atom stereocenters. The first-order valence-corrected chi connectivity index (χ1v) is 13.1. The number of amides is 2. The van der Waals surface area contributed by atoms with Gasteiger partial charge in [0, 0.05) is 30.2 Å². The number of nitrogens with two attached hydrogens (primary N) is 1. The first-order chi connectivity index (χ1) is 16.4. The molecule has 0 aliphatic carbocycles. The minimum Gasteiger partial charge on any atom is -0.480 e. The normalized spacial score (nSPS) is 20.6. The van der Waals surface area contributed by atoms with E-state index in [9.17, 15) is 24.3 Å². The molecular weight excluding hydrogens is 490 g/mol. The van der Waals surface area contributed by atoms with Gasteiger partial charge in [-0.2, -0.15) is 0 Å². The maximum absolute atomic E-state index is 12.6. The molecule has 1 aliphatic heterocycles. The molecule has 1 rings (SSSR count). The zero-order chi connectivity index (χ0) is 27.7. The lowest BCUT2D eigenvalue weighted by Gasteiger charge is -2.44. The molecule has 0 radical (unpaired) electrons. The van der Waals surface area contributed by atoms with Gasteiger partial charge in [-0.15, -0.1) is 0 Å². The molecule has 0 saturated carbocycles. The second-order valence-electron chi connectivity index (χ2n) is 11.1. The van der Waals surface area contributed by atoms with Crippen LogP contribution in [0.25, 0.3) is 0 Å². The standard InChI is InChI=1S/C24H43N3O8S/c1-22(2,3)35-21(32)27-16(20(30)31)8-9-17(28)36-13-11-15(25)10-12-26-19(29)18-23(4,5)14-33-24(6,7)34-18/h15-16,18H,8-14,25H2,1-7H3,(H,26,29)(H,27,32)(H,30,31)/t15?,16-,18-/m0/s1. The van der Waals surface area contributed by atoms with Crippen molar-refractivity contribution in [2.75, 3.05) is 18.9 Å². The highest BCUT2D eigenvalue weighted by atomic mass is 32.2. The number of carboxylic acid groups (broad SMARTS) is 1. The number of rotatable bonds is 12. The van der Waals surface area contributed by atoms with E-state index in [0.29, 0.717) is 31.7 Å². The van der Waals surface area contributed by atoms with Gasteiger partial charge in [0.2, 0.25) is 5.91 Å². The largest absolute Gasteiger partial charge is 0.480 e. The van der Waals surface area contributed by atoms with E-state index >= 15 is 0 Å². The first kappa shape index (κ1) is 32.1. The molecule has 0 bridgehead atoms. The van der Waals surface area contributed by atoms with Gasteiger partial charge in [-0.05, 0) is 53.9 Å². The molecule has 11 nitrogen and oxygen atoms in total. The predicted molar refractivity (Wildman–Crippen MR) is 136 cm³/mol. The summed E-state index contributed by atoms with van der Waals surface area (Å²) in [5, 5.41) is 14.3. The molecule has 1 saturated heterocycles. The van der Waals surface area contributed by atoms with Gasteiger partial charge in [-0.3, -0.25) is 9.59 Å². The van der Waals surface area contributed by atoms with Gasteiger partial charge in [-0.1, -0.05) is 25.6 Å². The second kappa shape index (κ2) is 13.6. The predicted octanol–water partition coefficient (Wildman–Crippen LogP) is 2.41. The van der Waals surface area contributed by atoms with Crippen molar-refractivity contribution in [1.82, 2.24) is 10.6 Å². The van der Waals surface area contributed by atoms with E-state index in [1.54, 1.807) is 34.6 Å². The summed E-state index contributed by atoms with van der Waals surface area (Å²) in [6.45, 7) is 13.2. The van der Waals surface area contributed by atoms with Crippen molar-refractivity contribution in [3.63, 3.8) is 0 Å². The van der Waals surface area contributed by atoms with Crippen molar-refractivity contribution in [3.05, 3.63) is 0 Å². The molecule has 0 aromatic rings. The van der Waals surface area contributed by atoms with E-state index in [-0.39, 0.29) is 29.9 Å². The number of carbonyl (C=O) groups is 4. The monoisotopic (exact) mass is 533 g/mol. The van der Waals surface area contributed by atoms with Gasteiger partial charge in [0.15, 0.2) is 10.9 Å². The van der Waals surface area contributed by atoms with Gasteiger partial charge in [0.05, 0.1) is 6.61 Å². The SMILES string of the molecule is CC(C)(C)OC(=O)N[C@@H](CCC(=O)SCCC(N)CCNC(=O)[C@@H]1OC(C)(C)OCC1(C)C)C(=O)O. The minimum atomic E-state index is -1.24. The Bertz CT molecular complexity index is 782. The van der Waals surface area contributed by atoms with E-state index in [4.69, 9.17) is 19.9 Å². The Hall–Kier alpha value is -1.89. The number of carbonyl (C=O) groups excluding carboxylic acids is 3. The summed E-state index contributed by atoms with van der Waals surface area (Å²) in [7, 11) is 0. The summed E-state index contributed by atoms with van der Waals surface area (Å²) in [4.78, 5) is 48.0. The minimum absolute atomic E-state index is 0.0139. The Labute approximate surface area is 217 Å². The Morgan fingerprint density at radius 3 is 2.36 bits per heavy atom. The van der Waals surface area contributed by atoms with Crippen molar-refractivity contribution in [1.29, 1.82) is 0 Å². The zero-order valence-corrected chi connectivity index (χ0v) is 23.3. The Balaban J connectivity index is 2.31. The average molecular weight is 534 g/mol. The van der Waals surface area contributed by atoms with Crippen LogP contribution in [0.1, 0.15) is 74.1 Å². The highest BCUT2D eigenvalue weighted by Crippen LogP contribution is 2.34. The molecule has 1 heterocycles. The van der Waals surface area contributed by atoms with Crippen LogP contribution in [-0.4, -0.2) is 76.7 Å². The summed E-state index contributed by atoms with van der Waals surface area (Å²) in [5.74, 6) is -1.80. The van der Waals surface area contributed by atoms with Gasteiger partial charge in [0.25, 0.3) is 0 Å². The summed E-state index contributed by atoms with van der Waals surface area (Å²) >= 11 is 1.07. The number of thioether (sulfide) groups is 1. The number of hydrogen-bond donors (Lipinski definition) is 4. The van der Waals surface area contributed by atoms with Crippen molar-refractivity contribution < 1.29 is 38.5 Å². The summed E-state index contributed by atoms with van der Waals surface area (Å²) in [5.41, 5.74) is 4.91. The lowest BCUT2D eigenvalue weighted by Crippen LogP contribution is -2.56. The summed E-state index contributed by atoms with van der Waals surface area (Å²) in [6.07, 6.45) is -0.445. The number of aliphatic carboxylic acids is 1. The van der Waals surface area contributed by atoms with Crippen LogP contribution in [0.4, 0.5) is 4.79 Å². The van der Waals surface area contributed by atoms with E-state index in [1.807, 2.05) is 13.8 Å². The van der Waals surface area contributed by atoms with Crippen LogP contribution in [-0.2, 0) is 28.6 Å². The fourth-order valence-corrected chi connectivity index (χ4v) is 4.22. The molecule has 12 heteroatoms. The van der Waals surface area contributed by atoms with E-state index < -0.39 is 41.0 Å². The van der Waals surface area contributed by atoms with Crippen molar-refractivity contribution in [2.24, 2.45) is 11.1 Å². The first-order valence-electron chi connectivity index (χ1n) is 12.1. The van der Waals surface area contributed by atoms with Gasteiger partial charge >= 0.3 is 12.1 Å². The fraction of sp³-hybridized carbons (Fsp3) is 0.833. The Morgan fingerprint density at radius 1 is 1.14 bits per heavy atom. The number of hydrogen-bond acceptors (Lipinski definition) is 9. The van der Waals surface area contributed by atoms with Gasteiger partial charge in [-0.25, -0.2) is 9.59 Å². The van der Waals surface area contributed by atoms with Crippen molar-refractivity contribution >= 4 is 34.8 Å². The number of nitrogens with one attached hydrogen (secondary N) is 2. The third kappa shape index (κ3) is 12.4. The molecule has 2 amide bonds. The molecule has 0 spiro atoms. The molecule has 1 fully saturated rings. The molecule has 36 heavy (non-hydrogen) atoms. The summed E-state index contributed by atoms with van der Waals surface area (Å²) < 4.78 is 16.5. The molecule has 208 valence electrons. The van der Waals surface area contributed by atoms with Crippen molar-refractivity contribution in [2.45, 2.75) is 104 Å². The quantitative estimate of drug-likeness (QED) is 0.292. The third-order valence-electron chi connectivity index (χ3n) is 5.33. The van der Waals surface area contributed by atoms with E-state index in [0.717, 1.165) is 11.8 Å². The number of carboxylic acids is 1. The molecular formula is C24H43N3O8S. The van der Waals surface area contributed by atoms with Crippen LogP contribution in [0.3, 0.4) is 0 Å². The molecule has 3 atom stereocenters. The maximum atomic E-state index is 12.6.